The number of ether oxygens (including phenoxy) is 2. The van der Waals surface area contributed by atoms with Gasteiger partial charge in [0.1, 0.15) is 17.3 Å². The minimum atomic E-state index is -3.17. The molecule has 0 bridgehead atoms. The summed E-state index contributed by atoms with van der Waals surface area (Å²) in [6, 6.07) is 9.24. The molecule has 0 amide bonds. The van der Waals surface area contributed by atoms with Gasteiger partial charge in [-0.25, -0.2) is 0 Å². The van der Waals surface area contributed by atoms with Crippen molar-refractivity contribution in [2.24, 2.45) is 5.92 Å². The van der Waals surface area contributed by atoms with E-state index in [2.05, 4.69) is 11.9 Å². The highest BCUT2D eigenvalue weighted by Crippen LogP contribution is 2.47. The van der Waals surface area contributed by atoms with Crippen molar-refractivity contribution in [3.63, 3.8) is 0 Å². The molecule has 1 aromatic carbocycles. The van der Waals surface area contributed by atoms with Crippen molar-refractivity contribution in [2.75, 3.05) is 13.2 Å². The maximum Gasteiger partial charge on any atom is 0.394 e. The second kappa shape index (κ2) is 9.51. The molecule has 7 heteroatoms. The average molecular weight is 458 g/mol. The molecule has 2 heterocycles. The van der Waals surface area contributed by atoms with Gasteiger partial charge in [0.2, 0.25) is 0 Å². The molecule has 1 aliphatic carbocycles. The predicted octanol–water partition coefficient (Wildman–Crippen LogP) is 5.65. The topological polar surface area (TPSA) is 71.8 Å². The minimum Gasteiger partial charge on any atom is -0.506 e. The number of hydrogen-bond donors (Lipinski definition) is 2. The highest BCUT2D eigenvalue weighted by Gasteiger charge is 2.36. The monoisotopic (exact) mass is 457 g/mol. The fourth-order valence-electron chi connectivity index (χ4n) is 4.74. The van der Waals surface area contributed by atoms with Gasteiger partial charge in [-0.3, -0.25) is 4.98 Å². The second-order valence-corrected chi connectivity index (χ2v) is 8.88. The van der Waals surface area contributed by atoms with Gasteiger partial charge in [-0.05, 0) is 42.5 Å². The van der Waals surface area contributed by atoms with Crippen LogP contribution in [0.2, 0.25) is 0 Å². The smallest absolute Gasteiger partial charge is 0.394 e. The molecule has 2 N–H and O–H groups in total. The number of aromatic hydroxyl groups is 1. The van der Waals surface area contributed by atoms with Gasteiger partial charge in [0, 0.05) is 36.9 Å². The molecule has 0 radical (unpaired) electrons. The van der Waals surface area contributed by atoms with E-state index in [0.29, 0.717) is 30.9 Å². The Kier molecular flexibility index (Phi) is 6.70. The van der Waals surface area contributed by atoms with E-state index in [4.69, 9.17) is 9.47 Å². The van der Waals surface area contributed by atoms with Gasteiger partial charge in [0.15, 0.2) is 0 Å². The lowest BCUT2D eigenvalue weighted by Gasteiger charge is -2.34. The standard InChI is InChI=1S/C26H29F2NO4/c1-16(13-17-8-10-19(11-9-17)33-26(2,27)28)20-5-3-6-21-23(18(14-30)15-32-25(20)21)24-22(31)7-4-12-29-24/h3-8,10,12,16,18,23,30-31H,9,11,13-15H2,1-2H3. The van der Waals surface area contributed by atoms with Crippen molar-refractivity contribution >= 4 is 0 Å². The summed E-state index contributed by atoms with van der Waals surface area (Å²) in [5, 5.41) is 20.4. The average Bonchev–Trinajstić information content (AvgIpc) is 2.78. The van der Waals surface area contributed by atoms with Gasteiger partial charge < -0.3 is 19.7 Å². The van der Waals surface area contributed by atoms with Gasteiger partial charge >= 0.3 is 6.11 Å². The molecular formula is C26H29F2NO4. The van der Waals surface area contributed by atoms with Crippen molar-refractivity contribution in [3.05, 3.63) is 76.8 Å². The van der Waals surface area contributed by atoms with Crippen molar-refractivity contribution < 1.29 is 28.5 Å². The maximum atomic E-state index is 13.1. The molecule has 3 atom stereocenters. The van der Waals surface area contributed by atoms with Crippen LogP contribution in [-0.2, 0) is 4.74 Å². The van der Waals surface area contributed by atoms with Crippen LogP contribution in [0.5, 0.6) is 11.5 Å². The van der Waals surface area contributed by atoms with Gasteiger partial charge in [-0.2, -0.15) is 8.78 Å². The van der Waals surface area contributed by atoms with Crippen molar-refractivity contribution in [1.29, 1.82) is 0 Å². The Balaban J connectivity index is 1.60. The number of para-hydroxylation sites is 1. The Hall–Kier alpha value is -2.93. The van der Waals surface area contributed by atoms with E-state index in [1.165, 1.54) is 0 Å². The SMILES string of the molecule is CC(CC1=CC=C(OC(C)(F)F)CC1)c1cccc2c1OCC(CO)C2c1ncccc1O. The molecule has 1 aromatic heterocycles. The Morgan fingerprint density at radius 2 is 2.03 bits per heavy atom. The van der Waals surface area contributed by atoms with Crippen LogP contribution in [0.15, 0.2) is 60.0 Å². The van der Waals surface area contributed by atoms with Gasteiger partial charge in [-0.1, -0.05) is 36.8 Å². The number of aromatic nitrogens is 1. The molecule has 33 heavy (non-hydrogen) atoms. The van der Waals surface area contributed by atoms with E-state index in [0.717, 1.165) is 35.8 Å². The molecule has 3 unspecified atom stereocenters. The van der Waals surface area contributed by atoms with Crippen molar-refractivity contribution in [3.8, 4) is 11.5 Å². The minimum absolute atomic E-state index is 0.0830. The van der Waals surface area contributed by atoms with Crippen LogP contribution >= 0.6 is 0 Å². The van der Waals surface area contributed by atoms with Gasteiger partial charge in [-0.15, -0.1) is 0 Å². The zero-order valence-electron chi connectivity index (χ0n) is 18.8. The molecule has 176 valence electrons. The van der Waals surface area contributed by atoms with Crippen molar-refractivity contribution in [1.82, 2.24) is 4.98 Å². The van der Waals surface area contributed by atoms with Gasteiger partial charge in [0.25, 0.3) is 0 Å². The lowest BCUT2D eigenvalue weighted by atomic mass is 9.79. The van der Waals surface area contributed by atoms with Crippen LogP contribution in [0, 0.1) is 5.92 Å². The first-order chi connectivity index (χ1) is 15.8. The lowest BCUT2D eigenvalue weighted by Crippen LogP contribution is -2.30. The van der Waals surface area contributed by atoms with Crippen LogP contribution in [0.3, 0.4) is 0 Å². The Morgan fingerprint density at radius 3 is 2.70 bits per heavy atom. The fraction of sp³-hybridized carbons (Fsp3) is 0.423. The molecule has 5 nitrogen and oxygen atoms in total. The summed E-state index contributed by atoms with van der Waals surface area (Å²) in [4.78, 5) is 4.40. The number of hydrogen-bond acceptors (Lipinski definition) is 5. The van der Waals surface area contributed by atoms with Crippen LogP contribution in [0.4, 0.5) is 8.78 Å². The summed E-state index contributed by atoms with van der Waals surface area (Å²) in [5.41, 5.74) is 3.63. The number of halogens is 2. The number of allylic oxidation sites excluding steroid dienone is 4. The number of rotatable bonds is 7. The third-order valence-corrected chi connectivity index (χ3v) is 6.28. The summed E-state index contributed by atoms with van der Waals surface area (Å²) >= 11 is 0. The van der Waals surface area contributed by atoms with Crippen LogP contribution in [0.1, 0.15) is 61.8 Å². The number of nitrogens with zero attached hydrogens (tertiary/aromatic N) is 1. The van der Waals surface area contributed by atoms with Gasteiger partial charge in [0.05, 0.1) is 18.9 Å². The molecule has 1 aliphatic heterocycles. The first-order valence-corrected chi connectivity index (χ1v) is 11.2. The van der Waals surface area contributed by atoms with E-state index in [-0.39, 0.29) is 30.1 Å². The summed E-state index contributed by atoms with van der Waals surface area (Å²) in [6.45, 7) is 3.10. The van der Waals surface area contributed by atoms with Crippen LogP contribution in [0.25, 0.3) is 0 Å². The third kappa shape index (κ3) is 5.19. The number of benzene rings is 1. The molecular weight excluding hydrogens is 428 g/mol. The number of aliphatic hydroxyl groups excluding tert-OH is 1. The first-order valence-electron chi connectivity index (χ1n) is 11.2. The summed E-state index contributed by atoms with van der Waals surface area (Å²) < 4.78 is 37.0. The summed E-state index contributed by atoms with van der Waals surface area (Å²) in [6.07, 6.45) is 3.84. The fourth-order valence-corrected chi connectivity index (χ4v) is 4.74. The summed E-state index contributed by atoms with van der Waals surface area (Å²) in [5.74, 6) is 0.795. The van der Waals surface area contributed by atoms with E-state index < -0.39 is 6.11 Å². The van der Waals surface area contributed by atoms with E-state index >= 15 is 0 Å². The molecule has 2 aliphatic rings. The van der Waals surface area contributed by atoms with E-state index in [1.54, 1.807) is 24.4 Å². The van der Waals surface area contributed by atoms with Crippen LogP contribution in [-0.4, -0.2) is 34.5 Å². The Bertz CT molecular complexity index is 1060. The molecule has 0 fully saturated rings. The number of aliphatic hydroxyl groups is 1. The number of pyridine rings is 1. The number of alkyl halides is 2. The lowest BCUT2D eigenvalue weighted by molar-refractivity contribution is -0.199. The number of fused-ring (bicyclic) bond motifs is 1. The highest BCUT2D eigenvalue weighted by molar-refractivity contribution is 5.51. The molecule has 4 rings (SSSR count). The molecule has 0 saturated heterocycles. The quantitative estimate of drug-likeness (QED) is 0.562. The largest absolute Gasteiger partial charge is 0.506 e. The first kappa shape index (κ1) is 23.2. The zero-order valence-corrected chi connectivity index (χ0v) is 18.8. The second-order valence-electron chi connectivity index (χ2n) is 8.88. The van der Waals surface area contributed by atoms with E-state index in [9.17, 15) is 19.0 Å². The normalized spacial score (nSPS) is 21.4. The molecule has 0 saturated carbocycles. The molecule has 2 aromatic rings. The van der Waals surface area contributed by atoms with Crippen molar-refractivity contribution in [2.45, 2.75) is 51.1 Å². The highest BCUT2D eigenvalue weighted by atomic mass is 19.3. The molecule has 0 spiro atoms. The summed E-state index contributed by atoms with van der Waals surface area (Å²) in [7, 11) is 0. The van der Waals surface area contributed by atoms with E-state index in [1.807, 2.05) is 24.3 Å². The maximum absolute atomic E-state index is 13.1. The zero-order chi connectivity index (χ0) is 23.6. The van der Waals surface area contributed by atoms with Crippen LogP contribution < -0.4 is 4.74 Å². The predicted molar refractivity (Wildman–Crippen MR) is 120 cm³/mol. The third-order valence-electron chi connectivity index (χ3n) is 6.28. The Morgan fingerprint density at radius 1 is 1.21 bits per heavy atom. The Labute approximate surface area is 192 Å².